The van der Waals surface area contributed by atoms with Crippen molar-refractivity contribution < 1.29 is 18.7 Å². The number of halogens is 2. The monoisotopic (exact) mass is 545 g/mol. The summed E-state index contributed by atoms with van der Waals surface area (Å²) >= 11 is 0. The predicted octanol–water partition coefficient (Wildman–Crippen LogP) is 4.48. The van der Waals surface area contributed by atoms with Gasteiger partial charge < -0.3 is 25.1 Å². The predicted molar refractivity (Wildman–Crippen MR) is 149 cm³/mol. The zero-order chi connectivity index (χ0) is 28.6. The Balaban J connectivity index is 1.37. The Hall–Kier alpha value is -3.84. The minimum absolute atomic E-state index is 0.0488. The summed E-state index contributed by atoms with van der Waals surface area (Å²) in [6.07, 6.45) is 0. The molecule has 208 valence electrons. The molecule has 5 rings (SSSR count). The molecule has 3 aromatic rings. The maximum absolute atomic E-state index is 13.6. The van der Waals surface area contributed by atoms with Crippen molar-refractivity contribution in [2.75, 3.05) is 52.6 Å². The first kappa shape index (κ1) is 27.7. The van der Waals surface area contributed by atoms with E-state index in [4.69, 9.17) is 0 Å². The molecule has 7 nitrogen and oxygen atoms in total. The van der Waals surface area contributed by atoms with Crippen LogP contribution < -0.4 is 5.32 Å². The first-order chi connectivity index (χ1) is 19.1. The van der Waals surface area contributed by atoms with E-state index in [1.165, 1.54) is 0 Å². The molecule has 2 aliphatic heterocycles. The zero-order valence-electron chi connectivity index (χ0n) is 22.9. The van der Waals surface area contributed by atoms with Crippen LogP contribution in [-0.4, -0.2) is 73.2 Å². The zero-order valence-corrected chi connectivity index (χ0v) is 22.9. The number of benzene rings is 3. The molecule has 2 saturated heterocycles. The Morgan fingerprint density at radius 1 is 1.02 bits per heavy atom. The lowest BCUT2D eigenvalue weighted by Crippen LogP contribution is -2.65. The Kier molecular flexibility index (Phi) is 7.60. The fourth-order valence-corrected chi connectivity index (χ4v) is 6.22. The van der Waals surface area contributed by atoms with E-state index >= 15 is 0 Å². The number of urea groups is 1. The first-order valence-corrected chi connectivity index (χ1v) is 13.3. The number of rotatable bonds is 5. The average Bonchev–Trinajstić information content (AvgIpc) is 2.88. The summed E-state index contributed by atoms with van der Waals surface area (Å²) in [5.41, 5.74) is 3.06. The van der Waals surface area contributed by atoms with E-state index < -0.39 is 23.3 Å². The largest absolute Gasteiger partial charge is 0.384 e. The lowest BCUT2D eigenvalue weighted by atomic mass is 9.66. The summed E-state index contributed by atoms with van der Waals surface area (Å²) in [6.45, 7) is 2.48. The van der Waals surface area contributed by atoms with E-state index in [2.05, 4.69) is 21.2 Å². The van der Waals surface area contributed by atoms with Crippen LogP contribution in [0.25, 0.3) is 11.1 Å². The molecule has 3 atom stereocenters. The molecule has 9 heteroatoms. The van der Waals surface area contributed by atoms with Crippen LogP contribution in [-0.2, 0) is 12.1 Å². The molecule has 0 radical (unpaired) electrons. The SMILES string of the molecule is CN(C)Cc1ccc(-c2ccc([C@@]3(O)[C@@H]4CN(C)C[C@H]3CN(C(=O)Nc3cc(F)cc(F)c3)C4)cc2)c(C#N)c1. The van der Waals surface area contributed by atoms with Crippen LogP contribution in [0.3, 0.4) is 0 Å². The molecular weight excluding hydrogens is 512 g/mol. The topological polar surface area (TPSA) is 82.8 Å². The number of carbonyl (C=O) groups is 1. The van der Waals surface area contributed by atoms with E-state index in [9.17, 15) is 23.9 Å². The van der Waals surface area contributed by atoms with Gasteiger partial charge in [0, 0.05) is 56.3 Å². The molecule has 2 fully saturated rings. The minimum Gasteiger partial charge on any atom is -0.384 e. The van der Waals surface area contributed by atoms with Crippen molar-refractivity contribution in [1.29, 1.82) is 5.26 Å². The molecule has 2 heterocycles. The normalized spacial score (nSPS) is 22.7. The van der Waals surface area contributed by atoms with Crippen LogP contribution in [0.2, 0.25) is 0 Å². The van der Waals surface area contributed by atoms with E-state index in [-0.39, 0.29) is 30.6 Å². The molecule has 2 N–H and O–H groups in total. The number of amides is 2. The van der Waals surface area contributed by atoms with Gasteiger partial charge in [-0.3, -0.25) is 0 Å². The summed E-state index contributed by atoms with van der Waals surface area (Å²) in [5.74, 6) is -2.08. The number of nitrogens with zero attached hydrogens (tertiary/aromatic N) is 4. The second kappa shape index (κ2) is 11.0. The number of nitrogens with one attached hydrogen (secondary N) is 1. The maximum Gasteiger partial charge on any atom is 0.321 e. The number of carbonyl (C=O) groups excluding carboxylic acids is 1. The number of fused-ring (bicyclic) bond motifs is 2. The van der Waals surface area contributed by atoms with E-state index in [0.717, 1.165) is 47.0 Å². The molecule has 40 heavy (non-hydrogen) atoms. The van der Waals surface area contributed by atoms with Gasteiger partial charge in [0.15, 0.2) is 0 Å². The molecule has 2 aliphatic rings. The van der Waals surface area contributed by atoms with E-state index in [1.807, 2.05) is 63.6 Å². The van der Waals surface area contributed by atoms with Gasteiger partial charge in [-0.05, 0) is 61.6 Å². The number of nitriles is 1. The summed E-state index contributed by atoms with van der Waals surface area (Å²) in [4.78, 5) is 18.9. The summed E-state index contributed by atoms with van der Waals surface area (Å²) in [6, 6.07) is 18.4. The molecule has 2 bridgehead atoms. The van der Waals surface area contributed by atoms with Gasteiger partial charge in [-0.25, -0.2) is 13.6 Å². The van der Waals surface area contributed by atoms with Crippen molar-refractivity contribution in [3.05, 3.63) is 89.0 Å². The van der Waals surface area contributed by atoms with E-state index in [0.29, 0.717) is 18.7 Å². The highest BCUT2D eigenvalue weighted by Crippen LogP contribution is 2.45. The third-order valence-electron chi connectivity index (χ3n) is 7.95. The Bertz CT molecular complexity index is 1420. The first-order valence-electron chi connectivity index (χ1n) is 13.3. The number of aliphatic hydroxyl groups is 1. The minimum atomic E-state index is -1.15. The third-order valence-corrected chi connectivity index (χ3v) is 7.95. The van der Waals surface area contributed by atoms with Gasteiger partial charge in [0.25, 0.3) is 0 Å². The van der Waals surface area contributed by atoms with Gasteiger partial charge in [-0.15, -0.1) is 0 Å². The Morgan fingerprint density at radius 2 is 1.65 bits per heavy atom. The van der Waals surface area contributed by atoms with Gasteiger partial charge in [0.1, 0.15) is 17.2 Å². The Labute approximate surface area is 233 Å². The van der Waals surface area contributed by atoms with Crippen LogP contribution >= 0.6 is 0 Å². The standard InChI is InChI=1S/C31H33F2N5O2/c1-36(2)15-20-4-9-29(22(10-20)14-34)21-5-7-23(8-6-21)31(40)24-16-37(3)17-25(31)19-38(18-24)30(39)35-28-12-26(32)11-27(33)13-28/h4-13,24-25,40H,15-19H2,1-3H3,(H,35,39)/t24-,25+,31-. The van der Waals surface area contributed by atoms with E-state index in [1.54, 1.807) is 4.90 Å². The van der Waals surface area contributed by atoms with Gasteiger partial charge in [-0.1, -0.05) is 36.4 Å². The molecule has 0 saturated carbocycles. The van der Waals surface area contributed by atoms with Crippen LogP contribution in [0, 0.1) is 34.8 Å². The maximum atomic E-state index is 13.6. The molecule has 0 spiro atoms. The smallest absolute Gasteiger partial charge is 0.321 e. The fourth-order valence-electron chi connectivity index (χ4n) is 6.22. The van der Waals surface area contributed by atoms with Gasteiger partial charge >= 0.3 is 6.03 Å². The molecule has 0 unspecified atom stereocenters. The lowest BCUT2D eigenvalue weighted by Gasteiger charge is -2.55. The molecule has 2 amide bonds. The molecule has 0 aromatic heterocycles. The second-order valence-electron chi connectivity index (χ2n) is 11.2. The van der Waals surface area contributed by atoms with Crippen LogP contribution in [0.1, 0.15) is 16.7 Å². The van der Waals surface area contributed by atoms with Crippen molar-refractivity contribution in [2.24, 2.45) is 11.8 Å². The number of hydrogen-bond donors (Lipinski definition) is 2. The number of piperidine rings is 2. The van der Waals surface area contributed by atoms with Crippen LogP contribution in [0.5, 0.6) is 0 Å². The molecule has 0 aliphatic carbocycles. The number of hydrogen-bond acceptors (Lipinski definition) is 5. The molecule has 3 aromatic carbocycles. The van der Waals surface area contributed by atoms with Crippen molar-refractivity contribution in [2.45, 2.75) is 12.1 Å². The van der Waals surface area contributed by atoms with Gasteiger partial charge in [0.05, 0.1) is 11.6 Å². The van der Waals surface area contributed by atoms with Crippen molar-refractivity contribution >= 4 is 11.7 Å². The second-order valence-corrected chi connectivity index (χ2v) is 11.2. The van der Waals surface area contributed by atoms with Crippen molar-refractivity contribution in [3.8, 4) is 17.2 Å². The fraction of sp³-hybridized carbons (Fsp3) is 0.355. The number of anilines is 1. The van der Waals surface area contributed by atoms with Gasteiger partial charge in [0.2, 0.25) is 0 Å². The summed E-state index contributed by atoms with van der Waals surface area (Å²) in [7, 11) is 5.97. The quantitative estimate of drug-likeness (QED) is 0.494. The molecular formula is C31H33F2N5O2. The van der Waals surface area contributed by atoms with Crippen molar-refractivity contribution in [3.63, 3.8) is 0 Å². The van der Waals surface area contributed by atoms with Crippen LogP contribution in [0.4, 0.5) is 19.3 Å². The number of likely N-dealkylation sites (tertiary alicyclic amines) is 2. The lowest BCUT2D eigenvalue weighted by molar-refractivity contribution is -0.153. The summed E-state index contributed by atoms with van der Waals surface area (Å²) in [5, 5.41) is 24.5. The highest BCUT2D eigenvalue weighted by atomic mass is 19.1. The average molecular weight is 546 g/mol. The van der Waals surface area contributed by atoms with Crippen molar-refractivity contribution in [1.82, 2.24) is 14.7 Å². The van der Waals surface area contributed by atoms with Gasteiger partial charge in [-0.2, -0.15) is 5.26 Å². The van der Waals surface area contributed by atoms with Crippen LogP contribution in [0.15, 0.2) is 60.7 Å². The third kappa shape index (κ3) is 5.43. The Morgan fingerprint density at radius 3 is 2.23 bits per heavy atom. The highest BCUT2D eigenvalue weighted by Gasteiger charge is 2.53. The highest BCUT2D eigenvalue weighted by molar-refractivity contribution is 5.89. The summed E-state index contributed by atoms with van der Waals surface area (Å²) < 4.78 is 27.2.